The summed E-state index contributed by atoms with van der Waals surface area (Å²) in [5.41, 5.74) is 35.5. The number of rotatable bonds is 10. The second kappa shape index (κ2) is 27.5. The molecule has 0 atom stereocenters. The Balaban J connectivity index is 0.000000143. The topological polar surface area (TPSA) is 0 Å². The summed E-state index contributed by atoms with van der Waals surface area (Å²) >= 11 is 0. The van der Waals surface area contributed by atoms with Gasteiger partial charge in [0.1, 0.15) is 0 Å². The van der Waals surface area contributed by atoms with Gasteiger partial charge >= 0.3 is 0 Å². The first kappa shape index (κ1) is 68.0. The highest BCUT2D eigenvalue weighted by molar-refractivity contribution is 6.24. The van der Waals surface area contributed by atoms with Crippen LogP contribution in [0.3, 0.4) is 0 Å². The van der Waals surface area contributed by atoms with Crippen molar-refractivity contribution >= 4 is 64.6 Å². The SMILES string of the molecule is CC1(C)c2ccc(-c3c4ccccc4c(-c4cc(-c5ccccc5)cc(-c5ccc(-c6ccccc6)cc5)c4)c4ccccc34)cc2-c2c1ccc1ccccc21.CC1(C)c2ccc(-c3c4ccccc4c(-c4cc(-c5ccccc5)cc(-c5ccc(-c6ccccc6)cc5)c4)c4ccccc34)cc2-c2ccc3ccccc3c21. The third kappa shape index (κ3) is 11.4. The van der Waals surface area contributed by atoms with Crippen LogP contribution in [0.5, 0.6) is 0 Å². The van der Waals surface area contributed by atoms with Crippen LogP contribution in [0.15, 0.2) is 413 Å². The van der Waals surface area contributed by atoms with E-state index in [1.54, 1.807) is 0 Å². The van der Waals surface area contributed by atoms with Gasteiger partial charge in [0.05, 0.1) is 0 Å². The Labute approximate surface area is 666 Å². The van der Waals surface area contributed by atoms with Crippen LogP contribution in [-0.4, -0.2) is 0 Å². The maximum absolute atomic E-state index is 2.48. The minimum absolute atomic E-state index is 0.0788. The first-order chi connectivity index (χ1) is 56.1. The lowest BCUT2D eigenvalue weighted by molar-refractivity contribution is 0.661. The first-order valence-electron chi connectivity index (χ1n) is 40.0. The van der Waals surface area contributed by atoms with Gasteiger partial charge in [-0.05, 0) is 269 Å². The van der Waals surface area contributed by atoms with Crippen LogP contribution in [0.25, 0.3) is 198 Å². The van der Waals surface area contributed by atoms with Gasteiger partial charge in [-0.2, -0.15) is 0 Å². The maximum atomic E-state index is 2.48. The fourth-order valence-corrected chi connectivity index (χ4v) is 19.4. The van der Waals surface area contributed by atoms with E-state index in [-0.39, 0.29) is 10.8 Å². The van der Waals surface area contributed by atoms with E-state index >= 15 is 0 Å². The smallest absolute Gasteiger partial charge is 0.0165 e. The molecule has 0 aliphatic heterocycles. The molecule has 0 saturated carbocycles. The van der Waals surface area contributed by atoms with Gasteiger partial charge in [0.2, 0.25) is 0 Å². The van der Waals surface area contributed by atoms with Crippen molar-refractivity contribution in [2.45, 2.75) is 38.5 Å². The Morgan fingerprint density at radius 1 is 0.140 bits per heavy atom. The highest BCUT2D eigenvalue weighted by atomic mass is 14.4. The van der Waals surface area contributed by atoms with Crippen molar-refractivity contribution in [1.29, 1.82) is 0 Å². The van der Waals surface area contributed by atoms with Crippen molar-refractivity contribution in [1.82, 2.24) is 0 Å². The van der Waals surface area contributed by atoms with Gasteiger partial charge in [-0.1, -0.05) is 392 Å². The van der Waals surface area contributed by atoms with E-state index in [9.17, 15) is 0 Å². The monoisotopic (exact) mass is 1450 g/mol. The molecule has 0 N–H and O–H groups in total. The molecule has 0 radical (unpaired) electrons. The summed E-state index contributed by atoms with van der Waals surface area (Å²) in [6.45, 7) is 9.53. The molecule has 0 spiro atoms. The molecule has 0 nitrogen and oxygen atoms in total. The van der Waals surface area contributed by atoms with Crippen molar-refractivity contribution in [3.8, 4) is 134 Å². The Morgan fingerprint density at radius 3 is 0.781 bits per heavy atom. The number of fused-ring (bicyclic) bond motifs is 14. The number of hydrogen-bond acceptors (Lipinski definition) is 0. The van der Waals surface area contributed by atoms with E-state index in [1.807, 2.05) is 0 Å². The van der Waals surface area contributed by atoms with Gasteiger partial charge in [-0.3, -0.25) is 0 Å². The van der Waals surface area contributed by atoms with Gasteiger partial charge < -0.3 is 0 Å². The molecule has 20 aromatic carbocycles. The lowest BCUT2D eigenvalue weighted by Gasteiger charge is -2.23. The molecular weight excluding hydrogens is 1370 g/mol. The predicted octanol–water partition coefficient (Wildman–Crippen LogP) is 31.6. The standard InChI is InChI=1S/2C57H40/c1-57(2)52-31-30-42(36-51(52)56-46-20-10-9-19-41(46)29-32-53(56)57)54-47-21-11-13-23-49(47)55(50-24-14-12-22-48(50)54)45-34-43(38-17-7-4-8-18-38)33-44(35-45)40-27-25-39(26-28-40)37-15-5-3-6-16-37;1-57(2)53-32-30-42(36-52(53)51-31-29-41-19-9-10-20-46(41)56(51)57)54-47-21-11-13-23-49(47)55(50-24-14-12-22-48(50)54)45-34-43(38-17-7-4-8-18-38)33-44(35-45)40-27-25-39(26-28-40)37-15-5-3-6-16-37/h2*3-36H,1-2H3. The number of benzene rings is 20. The third-order valence-electron chi connectivity index (χ3n) is 24.9. The van der Waals surface area contributed by atoms with E-state index < -0.39 is 0 Å². The molecule has 0 saturated heterocycles. The maximum Gasteiger partial charge on any atom is 0.0165 e. The summed E-state index contributed by atoms with van der Waals surface area (Å²) in [5, 5.41) is 15.4. The van der Waals surface area contributed by atoms with Gasteiger partial charge in [0.15, 0.2) is 0 Å². The molecule has 0 heterocycles. The van der Waals surface area contributed by atoms with Crippen LogP contribution in [0.4, 0.5) is 0 Å². The van der Waals surface area contributed by atoms with Crippen LogP contribution in [-0.2, 0) is 10.8 Å². The molecule has 0 bridgehead atoms. The molecule has 0 amide bonds. The van der Waals surface area contributed by atoms with Gasteiger partial charge in [-0.25, -0.2) is 0 Å². The summed E-state index contributed by atoms with van der Waals surface area (Å²) in [5.74, 6) is 0. The average Bonchev–Trinajstić information content (AvgIpc) is 1.49. The predicted molar refractivity (Wildman–Crippen MR) is 487 cm³/mol. The molecule has 114 heavy (non-hydrogen) atoms. The molecule has 2 aliphatic rings. The van der Waals surface area contributed by atoms with Crippen molar-refractivity contribution in [2.75, 3.05) is 0 Å². The van der Waals surface area contributed by atoms with Crippen LogP contribution >= 0.6 is 0 Å². The summed E-state index contributed by atoms with van der Waals surface area (Å²) in [6, 6.07) is 153. The van der Waals surface area contributed by atoms with Gasteiger partial charge in [-0.15, -0.1) is 0 Å². The van der Waals surface area contributed by atoms with Crippen molar-refractivity contribution in [3.05, 3.63) is 435 Å². The molecule has 22 rings (SSSR count). The summed E-state index contributed by atoms with van der Waals surface area (Å²) in [4.78, 5) is 0. The Bertz CT molecular complexity index is 7090. The molecule has 20 aromatic rings. The van der Waals surface area contributed by atoms with E-state index in [2.05, 4.69) is 440 Å². The quantitative estimate of drug-likeness (QED) is 0.120. The Hall–Kier alpha value is -14.0. The third-order valence-corrected chi connectivity index (χ3v) is 24.9. The fourth-order valence-electron chi connectivity index (χ4n) is 19.4. The van der Waals surface area contributed by atoms with Crippen LogP contribution in [0, 0.1) is 0 Å². The minimum Gasteiger partial charge on any atom is -0.0622 e. The summed E-state index contributed by atoms with van der Waals surface area (Å²) < 4.78 is 0. The minimum atomic E-state index is -0.0958. The second-order valence-corrected chi connectivity index (χ2v) is 32.1. The molecular formula is C114H80. The zero-order valence-electron chi connectivity index (χ0n) is 64.3. The van der Waals surface area contributed by atoms with Crippen LogP contribution in [0.2, 0.25) is 0 Å². The Kier molecular flexibility index (Phi) is 16.4. The normalized spacial score (nSPS) is 12.9. The van der Waals surface area contributed by atoms with E-state index in [1.165, 1.54) is 220 Å². The summed E-state index contributed by atoms with van der Waals surface area (Å²) in [7, 11) is 0. The van der Waals surface area contributed by atoms with Crippen LogP contribution < -0.4 is 0 Å². The van der Waals surface area contributed by atoms with E-state index in [4.69, 9.17) is 0 Å². The Morgan fingerprint density at radius 2 is 0.395 bits per heavy atom. The van der Waals surface area contributed by atoms with Gasteiger partial charge in [0.25, 0.3) is 0 Å². The zero-order chi connectivity index (χ0) is 76.2. The van der Waals surface area contributed by atoms with Gasteiger partial charge in [0, 0.05) is 10.8 Å². The molecule has 2 aliphatic carbocycles. The lowest BCUT2D eigenvalue weighted by atomic mass is 9.79. The lowest BCUT2D eigenvalue weighted by Crippen LogP contribution is -2.15. The molecule has 0 unspecified atom stereocenters. The van der Waals surface area contributed by atoms with E-state index in [0.717, 1.165) is 0 Å². The van der Waals surface area contributed by atoms with E-state index in [0.29, 0.717) is 0 Å². The summed E-state index contributed by atoms with van der Waals surface area (Å²) in [6.07, 6.45) is 0. The highest BCUT2D eigenvalue weighted by Crippen LogP contribution is 2.57. The first-order valence-corrected chi connectivity index (χ1v) is 40.0. The number of hydrogen-bond donors (Lipinski definition) is 0. The molecule has 0 fully saturated rings. The second-order valence-electron chi connectivity index (χ2n) is 32.1. The highest BCUT2D eigenvalue weighted by Gasteiger charge is 2.39. The van der Waals surface area contributed by atoms with Crippen LogP contribution in [0.1, 0.15) is 49.9 Å². The van der Waals surface area contributed by atoms with Crippen molar-refractivity contribution < 1.29 is 0 Å². The molecule has 536 valence electrons. The average molecular weight is 1450 g/mol. The molecule has 0 heteroatoms. The largest absolute Gasteiger partial charge is 0.0622 e. The fraction of sp³-hybridized carbons (Fsp3) is 0.0526. The van der Waals surface area contributed by atoms with Crippen molar-refractivity contribution in [2.24, 2.45) is 0 Å². The van der Waals surface area contributed by atoms with Crippen molar-refractivity contribution in [3.63, 3.8) is 0 Å². The zero-order valence-corrected chi connectivity index (χ0v) is 64.3. The molecule has 0 aromatic heterocycles.